The molecule has 0 amide bonds. The van der Waals surface area contributed by atoms with Gasteiger partial charge in [0.25, 0.3) is 5.69 Å². The predicted molar refractivity (Wildman–Crippen MR) is 96.8 cm³/mol. The second-order valence-corrected chi connectivity index (χ2v) is 6.76. The topological polar surface area (TPSA) is 95.7 Å². The first-order valence-corrected chi connectivity index (χ1v) is 8.91. The van der Waals surface area contributed by atoms with Gasteiger partial charge < -0.3 is 9.47 Å². The Balaban J connectivity index is 2.25. The fourth-order valence-electron chi connectivity index (χ4n) is 2.13. The van der Waals surface area contributed by atoms with Gasteiger partial charge in [-0.25, -0.2) is 0 Å². The third kappa shape index (κ3) is 8.80. The lowest BCUT2D eigenvalue weighted by Crippen LogP contribution is -2.09. The summed E-state index contributed by atoms with van der Waals surface area (Å²) in [5, 5.41) is 11.3. The van der Waals surface area contributed by atoms with E-state index in [0.717, 1.165) is 0 Å². The summed E-state index contributed by atoms with van der Waals surface area (Å²) in [6.07, 6.45) is 2.44. The van der Waals surface area contributed by atoms with Crippen LogP contribution in [-0.4, -0.2) is 23.5 Å². The summed E-state index contributed by atoms with van der Waals surface area (Å²) < 4.78 is 10.1. The lowest BCUT2D eigenvalue weighted by atomic mass is 10.1. The number of esters is 2. The maximum atomic E-state index is 11.7. The number of hydrogen-bond donors (Lipinski definition) is 0. The van der Waals surface area contributed by atoms with Crippen molar-refractivity contribution in [1.82, 2.24) is 0 Å². The maximum absolute atomic E-state index is 11.7. The van der Waals surface area contributed by atoms with Crippen molar-refractivity contribution in [2.75, 3.05) is 6.61 Å². The second-order valence-electron chi connectivity index (χ2n) is 6.33. The van der Waals surface area contributed by atoms with Crippen LogP contribution in [0.15, 0.2) is 18.2 Å². The Hall–Kier alpha value is -2.15. The van der Waals surface area contributed by atoms with Gasteiger partial charge in [0.05, 0.1) is 17.1 Å². The molecule has 7 nitrogen and oxygen atoms in total. The summed E-state index contributed by atoms with van der Waals surface area (Å²) in [4.78, 5) is 33.6. The van der Waals surface area contributed by atoms with Crippen LogP contribution in [0.4, 0.5) is 5.69 Å². The molecule has 26 heavy (non-hydrogen) atoms. The molecular formula is C18H24ClNO6. The van der Waals surface area contributed by atoms with Gasteiger partial charge in [0.2, 0.25) is 0 Å². The zero-order valence-corrected chi connectivity index (χ0v) is 15.8. The largest absolute Gasteiger partial charge is 0.465 e. The second kappa shape index (κ2) is 11.5. The van der Waals surface area contributed by atoms with E-state index in [1.54, 1.807) is 0 Å². The van der Waals surface area contributed by atoms with Gasteiger partial charge in [-0.3, -0.25) is 19.7 Å². The fourth-order valence-corrected chi connectivity index (χ4v) is 2.32. The lowest BCUT2D eigenvalue weighted by molar-refractivity contribution is -0.385. The molecule has 0 aliphatic heterocycles. The van der Waals surface area contributed by atoms with Crippen molar-refractivity contribution < 1.29 is 24.0 Å². The number of nitro groups is 1. The normalized spacial score (nSPS) is 10.6. The van der Waals surface area contributed by atoms with Crippen LogP contribution in [0, 0.1) is 16.0 Å². The van der Waals surface area contributed by atoms with Crippen LogP contribution in [0.5, 0.6) is 0 Å². The summed E-state index contributed by atoms with van der Waals surface area (Å²) in [5.41, 5.74) is 0.117. The standard InChI is InChI=1S/C18H24ClNO6/c1-13(2)11-25-17(21)6-4-3-5-7-18(22)26-12-14-10-15(19)8-9-16(14)20(23)24/h8-10,13H,3-7,11-12H2,1-2H3. The number of rotatable bonds is 11. The molecule has 1 rings (SSSR count). The van der Waals surface area contributed by atoms with Crippen molar-refractivity contribution in [3.8, 4) is 0 Å². The minimum absolute atomic E-state index is 0.137. The highest BCUT2D eigenvalue weighted by molar-refractivity contribution is 6.30. The molecular weight excluding hydrogens is 362 g/mol. The molecule has 0 N–H and O–H groups in total. The summed E-state index contributed by atoms with van der Waals surface area (Å²) in [7, 11) is 0. The van der Waals surface area contributed by atoms with Gasteiger partial charge in [0.1, 0.15) is 6.61 Å². The number of ether oxygens (including phenoxy) is 2. The molecule has 8 heteroatoms. The van der Waals surface area contributed by atoms with Gasteiger partial charge in [-0.1, -0.05) is 31.9 Å². The third-order valence-electron chi connectivity index (χ3n) is 3.47. The van der Waals surface area contributed by atoms with Crippen molar-refractivity contribution >= 4 is 29.2 Å². The number of nitro benzene ring substituents is 1. The van der Waals surface area contributed by atoms with E-state index in [0.29, 0.717) is 43.2 Å². The summed E-state index contributed by atoms with van der Waals surface area (Å²) in [6.45, 7) is 4.16. The lowest BCUT2D eigenvalue weighted by Gasteiger charge is -2.07. The zero-order valence-electron chi connectivity index (χ0n) is 15.0. The number of nitrogens with zero attached hydrogens (tertiary/aromatic N) is 1. The number of unbranched alkanes of at least 4 members (excludes halogenated alkanes) is 2. The van der Waals surface area contributed by atoms with Crippen molar-refractivity contribution in [2.24, 2.45) is 5.92 Å². The first-order chi connectivity index (χ1) is 12.3. The zero-order chi connectivity index (χ0) is 19.5. The molecule has 1 aromatic rings. The highest BCUT2D eigenvalue weighted by atomic mass is 35.5. The molecule has 0 saturated carbocycles. The van der Waals surface area contributed by atoms with E-state index in [2.05, 4.69) is 0 Å². The van der Waals surface area contributed by atoms with Gasteiger partial charge in [0, 0.05) is 23.9 Å². The van der Waals surface area contributed by atoms with Gasteiger partial charge in [0.15, 0.2) is 0 Å². The van der Waals surface area contributed by atoms with E-state index >= 15 is 0 Å². The summed E-state index contributed by atoms with van der Waals surface area (Å²) >= 11 is 5.82. The monoisotopic (exact) mass is 385 g/mol. The van der Waals surface area contributed by atoms with Crippen LogP contribution < -0.4 is 0 Å². The summed E-state index contributed by atoms with van der Waals surface area (Å²) in [6, 6.07) is 4.11. The number of halogens is 1. The highest BCUT2D eigenvalue weighted by Crippen LogP contribution is 2.23. The fraction of sp³-hybridized carbons (Fsp3) is 0.556. The Morgan fingerprint density at radius 1 is 1.12 bits per heavy atom. The molecule has 0 saturated heterocycles. The van der Waals surface area contributed by atoms with Crippen molar-refractivity contribution in [2.45, 2.75) is 52.6 Å². The first-order valence-electron chi connectivity index (χ1n) is 8.53. The van der Waals surface area contributed by atoms with Crippen LogP contribution >= 0.6 is 11.6 Å². The maximum Gasteiger partial charge on any atom is 0.306 e. The van der Waals surface area contributed by atoms with Gasteiger partial charge >= 0.3 is 11.9 Å². The molecule has 0 aliphatic carbocycles. The molecule has 0 spiro atoms. The van der Waals surface area contributed by atoms with Crippen LogP contribution in [-0.2, 0) is 25.7 Å². The number of hydrogen-bond acceptors (Lipinski definition) is 6. The number of benzene rings is 1. The summed E-state index contributed by atoms with van der Waals surface area (Å²) in [5.74, 6) is -0.361. The van der Waals surface area contributed by atoms with E-state index < -0.39 is 10.9 Å². The average Bonchev–Trinajstić information content (AvgIpc) is 2.57. The minimum Gasteiger partial charge on any atom is -0.465 e. The Morgan fingerprint density at radius 3 is 2.31 bits per heavy atom. The molecule has 0 bridgehead atoms. The SMILES string of the molecule is CC(C)COC(=O)CCCCCC(=O)OCc1cc(Cl)ccc1[N+](=O)[O-]. The van der Waals surface area contributed by atoms with Crippen LogP contribution in [0.25, 0.3) is 0 Å². The molecule has 0 atom stereocenters. The van der Waals surface area contributed by atoms with Crippen LogP contribution in [0.2, 0.25) is 5.02 Å². The Labute approximate surface area is 157 Å². The smallest absolute Gasteiger partial charge is 0.306 e. The van der Waals surface area contributed by atoms with E-state index in [1.165, 1.54) is 18.2 Å². The molecule has 0 aromatic heterocycles. The average molecular weight is 386 g/mol. The van der Waals surface area contributed by atoms with E-state index in [1.807, 2.05) is 13.8 Å². The number of carbonyl (C=O) groups excluding carboxylic acids is 2. The van der Waals surface area contributed by atoms with E-state index in [-0.39, 0.29) is 30.2 Å². The quantitative estimate of drug-likeness (QED) is 0.242. The van der Waals surface area contributed by atoms with Crippen molar-refractivity contribution in [1.29, 1.82) is 0 Å². The van der Waals surface area contributed by atoms with Gasteiger partial charge in [-0.2, -0.15) is 0 Å². The third-order valence-corrected chi connectivity index (χ3v) is 3.70. The Kier molecular flexibility index (Phi) is 9.65. The van der Waals surface area contributed by atoms with Crippen molar-refractivity contribution in [3.63, 3.8) is 0 Å². The molecule has 0 fully saturated rings. The molecule has 0 aliphatic rings. The van der Waals surface area contributed by atoms with E-state index in [9.17, 15) is 19.7 Å². The van der Waals surface area contributed by atoms with Gasteiger partial charge in [-0.05, 0) is 30.9 Å². The molecule has 0 heterocycles. The van der Waals surface area contributed by atoms with Gasteiger partial charge in [-0.15, -0.1) is 0 Å². The minimum atomic E-state index is -0.544. The molecule has 0 radical (unpaired) electrons. The Bertz CT molecular complexity index is 632. The van der Waals surface area contributed by atoms with Crippen molar-refractivity contribution in [3.05, 3.63) is 38.9 Å². The number of carbonyl (C=O) groups is 2. The first kappa shape index (κ1) is 21.9. The molecule has 144 valence electrons. The highest BCUT2D eigenvalue weighted by Gasteiger charge is 2.15. The van der Waals surface area contributed by atoms with Crippen LogP contribution in [0.1, 0.15) is 51.5 Å². The van der Waals surface area contributed by atoms with Crippen LogP contribution in [0.3, 0.4) is 0 Å². The predicted octanol–water partition coefficient (Wildman–Crippen LogP) is 4.44. The molecule has 1 aromatic carbocycles. The van der Waals surface area contributed by atoms with E-state index in [4.69, 9.17) is 21.1 Å². The Morgan fingerprint density at radius 2 is 1.73 bits per heavy atom. The molecule has 0 unspecified atom stereocenters.